The molecule has 1 aromatic heterocycles. The zero-order valence-corrected chi connectivity index (χ0v) is 12.5. The normalized spacial score (nSPS) is 10.3. The van der Waals surface area contributed by atoms with Gasteiger partial charge in [0, 0.05) is 36.1 Å². The Kier molecular flexibility index (Phi) is 3.96. The van der Waals surface area contributed by atoms with Gasteiger partial charge >= 0.3 is 0 Å². The molecule has 0 amide bonds. The molecule has 0 aliphatic rings. The lowest BCUT2D eigenvalue weighted by molar-refractivity contribution is 0.395. The number of nitrogens with zero attached hydrogens (tertiary/aromatic N) is 2. The fraction of sp³-hybridized carbons (Fsp3) is 0.118. The van der Waals surface area contributed by atoms with Crippen LogP contribution in [0.5, 0.6) is 11.5 Å². The van der Waals surface area contributed by atoms with E-state index in [1.54, 1.807) is 14.2 Å². The number of benzene rings is 2. The Morgan fingerprint density at radius 2 is 1.59 bits per heavy atom. The summed E-state index contributed by atoms with van der Waals surface area (Å²) < 4.78 is 12.3. The average Bonchev–Trinajstić information content (AvgIpc) is 3.03. The first-order valence-corrected chi connectivity index (χ1v) is 6.89. The first kappa shape index (κ1) is 14.0. The van der Waals surface area contributed by atoms with Crippen LogP contribution in [-0.4, -0.2) is 24.0 Å². The molecule has 0 bridgehead atoms. The quantitative estimate of drug-likeness (QED) is 0.781. The van der Waals surface area contributed by atoms with Crippen molar-refractivity contribution in [3.05, 3.63) is 60.8 Å². The van der Waals surface area contributed by atoms with E-state index in [1.165, 1.54) is 0 Å². The molecule has 2 aromatic carbocycles. The molecule has 0 aliphatic carbocycles. The van der Waals surface area contributed by atoms with Gasteiger partial charge in [-0.2, -0.15) is 5.10 Å². The lowest BCUT2D eigenvalue weighted by Gasteiger charge is -2.09. The van der Waals surface area contributed by atoms with Gasteiger partial charge in [0.1, 0.15) is 11.5 Å². The lowest BCUT2D eigenvalue weighted by Crippen LogP contribution is -1.97. The maximum Gasteiger partial charge on any atom is 0.152 e. The average molecular weight is 295 g/mol. The Morgan fingerprint density at radius 3 is 2.23 bits per heavy atom. The molecule has 3 aromatic rings. The minimum absolute atomic E-state index is 0.726. The minimum Gasteiger partial charge on any atom is -0.497 e. The second kappa shape index (κ2) is 6.22. The molecule has 3 rings (SSSR count). The molecular weight excluding hydrogens is 278 g/mol. The van der Waals surface area contributed by atoms with E-state index in [9.17, 15) is 0 Å². The second-order valence-corrected chi connectivity index (χ2v) is 4.71. The van der Waals surface area contributed by atoms with Crippen molar-refractivity contribution in [3.63, 3.8) is 0 Å². The molecule has 0 fully saturated rings. The highest BCUT2D eigenvalue weighted by Crippen LogP contribution is 2.27. The monoisotopic (exact) mass is 295 g/mol. The van der Waals surface area contributed by atoms with Crippen molar-refractivity contribution >= 4 is 11.5 Å². The van der Waals surface area contributed by atoms with Crippen LogP contribution in [0.4, 0.5) is 11.5 Å². The summed E-state index contributed by atoms with van der Waals surface area (Å²) in [7, 11) is 3.26. The van der Waals surface area contributed by atoms with Crippen molar-refractivity contribution in [2.75, 3.05) is 19.5 Å². The summed E-state index contributed by atoms with van der Waals surface area (Å²) in [5, 5.41) is 7.76. The Hall–Kier alpha value is -2.95. The van der Waals surface area contributed by atoms with Crippen molar-refractivity contribution in [1.82, 2.24) is 9.78 Å². The van der Waals surface area contributed by atoms with E-state index in [0.29, 0.717) is 0 Å². The molecule has 5 heteroatoms. The number of rotatable bonds is 5. The largest absolute Gasteiger partial charge is 0.497 e. The van der Waals surface area contributed by atoms with E-state index in [4.69, 9.17) is 9.47 Å². The van der Waals surface area contributed by atoms with Crippen molar-refractivity contribution in [3.8, 4) is 17.2 Å². The summed E-state index contributed by atoms with van der Waals surface area (Å²) in [5.74, 6) is 2.20. The van der Waals surface area contributed by atoms with Crippen molar-refractivity contribution in [2.24, 2.45) is 0 Å². The van der Waals surface area contributed by atoms with Crippen LogP contribution in [0.3, 0.4) is 0 Å². The molecule has 22 heavy (non-hydrogen) atoms. The third-order valence-electron chi connectivity index (χ3n) is 3.23. The zero-order valence-electron chi connectivity index (χ0n) is 12.5. The van der Waals surface area contributed by atoms with Crippen LogP contribution < -0.4 is 14.8 Å². The molecule has 0 saturated carbocycles. The van der Waals surface area contributed by atoms with Crippen LogP contribution in [0, 0.1) is 0 Å². The van der Waals surface area contributed by atoms with Crippen LogP contribution in [0.15, 0.2) is 60.8 Å². The molecule has 1 N–H and O–H groups in total. The number of ether oxygens (including phenoxy) is 2. The smallest absolute Gasteiger partial charge is 0.152 e. The molecule has 0 saturated heterocycles. The number of nitrogens with one attached hydrogen (secondary N) is 1. The predicted octanol–water partition coefficient (Wildman–Crippen LogP) is 3.63. The van der Waals surface area contributed by atoms with Gasteiger partial charge in [-0.15, -0.1) is 0 Å². The van der Waals surface area contributed by atoms with Crippen LogP contribution in [0.25, 0.3) is 5.69 Å². The molecule has 0 spiro atoms. The van der Waals surface area contributed by atoms with Crippen LogP contribution >= 0.6 is 0 Å². The molecule has 112 valence electrons. The maximum atomic E-state index is 5.26. The van der Waals surface area contributed by atoms with Gasteiger partial charge in [0.05, 0.1) is 19.9 Å². The lowest BCUT2D eigenvalue weighted by atomic mass is 10.2. The Bertz CT molecular complexity index is 731. The third kappa shape index (κ3) is 3.03. The topological polar surface area (TPSA) is 48.3 Å². The van der Waals surface area contributed by atoms with Crippen LogP contribution in [0.1, 0.15) is 0 Å². The van der Waals surface area contributed by atoms with Gasteiger partial charge in [0.15, 0.2) is 5.82 Å². The molecule has 5 nitrogen and oxygen atoms in total. The van der Waals surface area contributed by atoms with Gasteiger partial charge in [0.2, 0.25) is 0 Å². The molecule has 0 atom stereocenters. The molecule has 0 radical (unpaired) electrons. The SMILES string of the molecule is COc1cc(Nc2ccn(-c3ccccc3)n2)cc(OC)c1. The van der Waals surface area contributed by atoms with Gasteiger partial charge in [-0.05, 0) is 12.1 Å². The highest BCUT2D eigenvalue weighted by atomic mass is 16.5. The van der Waals surface area contributed by atoms with Crippen molar-refractivity contribution < 1.29 is 9.47 Å². The molecule has 0 unspecified atom stereocenters. The van der Waals surface area contributed by atoms with Gasteiger partial charge in [-0.3, -0.25) is 0 Å². The minimum atomic E-state index is 0.726. The fourth-order valence-electron chi connectivity index (χ4n) is 2.14. The van der Waals surface area contributed by atoms with Crippen LogP contribution in [-0.2, 0) is 0 Å². The van der Waals surface area contributed by atoms with Crippen molar-refractivity contribution in [1.29, 1.82) is 0 Å². The number of hydrogen-bond donors (Lipinski definition) is 1. The number of para-hydroxylation sites is 1. The summed E-state index contributed by atoms with van der Waals surface area (Å²) in [6, 6.07) is 17.5. The highest BCUT2D eigenvalue weighted by Gasteiger charge is 2.05. The maximum absolute atomic E-state index is 5.26. The predicted molar refractivity (Wildman–Crippen MR) is 86.4 cm³/mol. The molecular formula is C17H17N3O2. The number of aromatic nitrogens is 2. The third-order valence-corrected chi connectivity index (χ3v) is 3.23. The van der Waals surface area contributed by atoms with E-state index in [-0.39, 0.29) is 0 Å². The zero-order chi connectivity index (χ0) is 15.4. The standard InChI is InChI=1S/C17H17N3O2/c1-21-15-10-13(11-16(12-15)22-2)18-17-8-9-20(19-17)14-6-4-3-5-7-14/h3-12H,1-2H3,(H,18,19). The summed E-state index contributed by atoms with van der Waals surface area (Å²) in [6.45, 7) is 0. The van der Waals surface area contributed by atoms with Gasteiger partial charge in [0.25, 0.3) is 0 Å². The fourth-order valence-corrected chi connectivity index (χ4v) is 2.14. The number of anilines is 2. The van der Waals surface area contributed by atoms with E-state index in [0.717, 1.165) is 28.7 Å². The summed E-state index contributed by atoms with van der Waals surface area (Å²) >= 11 is 0. The van der Waals surface area contributed by atoms with Gasteiger partial charge < -0.3 is 14.8 Å². The summed E-state index contributed by atoms with van der Waals surface area (Å²) in [5.41, 5.74) is 1.87. The Morgan fingerprint density at radius 1 is 0.909 bits per heavy atom. The van der Waals surface area contributed by atoms with Crippen molar-refractivity contribution in [2.45, 2.75) is 0 Å². The molecule has 0 aliphatic heterocycles. The second-order valence-electron chi connectivity index (χ2n) is 4.71. The number of hydrogen-bond acceptors (Lipinski definition) is 4. The van der Waals surface area contributed by atoms with E-state index >= 15 is 0 Å². The van der Waals surface area contributed by atoms with Gasteiger partial charge in [-0.25, -0.2) is 4.68 Å². The van der Waals surface area contributed by atoms with Crippen LogP contribution in [0.2, 0.25) is 0 Å². The van der Waals surface area contributed by atoms with Gasteiger partial charge in [-0.1, -0.05) is 18.2 Å². The summed E-state index contributed by atoms with van der Waals surface area (Å²) in [4.78, 5) is 0. The molecule has 1 heterocycles. The van der Waals surface area contributed by atoms with E-state index in [2.05, 4.69) is 10.4 Å². The van der Waals surface area contributed by atoms with E-state index < -0.39 is 0 Å². The number of methoxy groups -OCH3 is 2. The Balaban J connectivity index is 1.83. The first-order chi connectivity index (χ1) is 10.8. The highest BCUT2D eigenvalue weighted by molar-refractivity contribution is 5.61. The Labute approximate surface area is 129 Å². The van der Waals surface area contributed by atoms with E-state index in [1.807, 2.05) is 65.5 Å². The summed E-state index contributed by atoms with van der Waals surface area (Å²) in [6.07, 6.45) is 1.91. The first-order valence-electron chi connectivity index (χ1n) is 6.89.